The summed E-state index contributed by atoms with van der Waals surface area (Å²) >= 11 is 2.43. The van der Waals surface area contributed by atoms with E-state index in [9.17, 15) is 21.6 Å². The number of nitrogens with one attached hydrogen (secondary N) is 2. The Morgan fingerprint density at radius 1 is 0.968 bits per heavy atom. The molecule has 1 aromatic heterocycles. The number of anilines is 2. The van der Waals surface area contributed by atoms with Gasteiger partial charge in [0.05, 0.1) is 10.1 Å². The Morgan fingerprint density at radius 3 is 2.13 bits per heavy atom. The summed E-state index contributed by atoms with van der Waals surface area (Å²) in [5.41, 5.74) is 0.869. The van der Waals surface area contributed by atoms with Gasteiger partial charge in [-0.25, -0.2) is 22.0 Å². The highest BCUT2D eigenvalue weighted by molar-refractivity contribution is 8.00. The Balaban J connectivity index is 1.58. The predicted molar refractivity (Wildman–Crippen MR) is 123 cm³/mol. The molecule has 4 N–H and O–H groups in total. The molecule has 0 fully saturated rings. The first-order valence-corrected chi connectivity index (χ1v) is 13.6. The number of carbonyl (C=O) groups is 1. The van der Waals surface area contributed by atoms with Crippen molar-refractivity contribution in [3.63, 3.8) is 0 Å². The number of hydrogen-bond acceptors (Lipinski definition) is 7. The van der Waals surface area contributed by atoms with Crippen LogP contribution in [0.3, 0.4) is 0 Å². The molecule has 1 amide bonds. The van der Waals surface area contributed by atoms with Crippen LogP contribution in [0.1, 0.15) is 6.92 Å². The predicted octanol–water partition coefficient (Wildman–Crippen LogP) is 3.32. The fourth-order valence-electron chi connectivity index (χ4n) is 2.45. The van der Waals surface area contributed by atoms with Gasteiger partial charge in [-0.05, 0) is 66.9 Å². The largest absolute Gasteiger partial charge is 0.325 e. The summed E-state index contributed by atoms with van der Waals surface area (Å²) in [7, 11) is -7.41. The molecule has 0 saturated heterocycles. The second-order valence-electron chi connectivity index (χ2n) is 6.38. The van der Waals surface area contributed by atoms with Gasteiger partial charge in [-0.3, -0.25) is 9.52 Å². The lowest BCUT2D eigenvalue weighted by molar-refractivity contribution is -0.115. The summed E-state index contributed by atoms with van der Waals surface area (Å²) in [6.45, 7) is 1.73. The molecule has 1 atom stereocenters. The zero-order valence-corrected chi connectivity index (χ0v) is 19.4. The molecular weight excluding hydrogens is 478 g/mol. The molecule has 3 rings (SSSR count). The van der Waals surface area contributed by atoms with Gasteiger partial charge in [0, 0.05) is 16.3 Å². The van der Waals surface area contributed by atoms with Gasteiger partial charge in [-0.15, -0.1) is 23.1 Å². The van der Waals surface area contributed by atoms with E-state index in [0.717, 1.165) is 16.2 Å². The molecule has 164 valence electrons. The second-order valence-corrected chi connectivity index (χ2v) is 12.2. The summed E-state index contributed by atoms with van der Waals surface area (Å²) in [6, 6.07) is 15.5. The topological polar surface area (TPSA) is 135 Å². The van der Waals surface area contributed by atoms with Gasteiger partial charge in [0.25, 0.3) is 10.0 Å². The minimum Gasteiger partial charge on any atom is -0.325 e. The van der Waals surface area contributed by atoms with Crippen LogP contribution in [-0.2, 0) is 24.8 Å². The minimum atomic E-state index is -3.79. The van der Waals surface area contributed by atoms with Gasteiger partial charge in [-0.2, -0.15) is 0 Å². The third-order valence-corrected chi connectivity index (χ3v) is 8.82. The Hall–Kier alpha value is -2.38. The van der Waals surface area contributed by atoms with E-state index in [1.54, 1.807) is 42.6 Å². The number of hydrogen-bond donors (Lipinski definition) is 3. The first kappa shape index (κ1) is 23.3. The van der Waals surface area contributed by atoms with Crippen molar-refractivity contribution in [2.75, 3.05) is 10.0 Å². The third-order valence-electron chi connectivity index (χ3n) is 4.00. The Morgan fingerprint density at radius 2 is 1.58 bits per heavy atom. The Kier molecular flexibility index (Phi) is 7.06. The lowest BCUT2D eigenvalue weighted by Gasteiger charge is -2.13. The molecule has 0 aliphatic heterocycles. The van der Waals surface area contributed by atoms with Crippen LogP contribution in [-0.4, -0.2) is 28.0 Å². The van der Waals surface area contributed by atoms with Crippen molar-refractivity contribution in [3.8, 4) is 0 Å². The number of thiophene rings is 1. The zero-order valence-electron chi connectivity index (χ0n) is 16.2. The fourth-order valence-corrected chi connectivity index (χ4v) is 5.89. The Labute approximate surface area is 189 Å². The standard InChI is InChI=1S/C19H19N3O5S4/c1-13(19(23)21-14-6-10-17(11-7-14)30(20,24)25)29-16-8-4-15(5-9-16)22-31(26,27)18-3-2-12-28-18/h2-13,22H,1H3,(H,21,23)(H2,20,24,25). The highest BCUT2D eigenvalue weighted by Gasteiger charge is 2.17. The molecule has 0 aliphatic carbocycles. The zero-order chi connectivity index (χ0) is 22.6. The van der Waals surface area contributed by atoms with E-state index in [0.29, 0.717) is 11.4 Å². The molecule has 12 heteroatoms. The van der Waals surface area contributed by atoms with Crippen LogP contribution < -0.4 is 15.2 Å². The monoisotopic (exact) mass is 497 g/mol. The smallest absolute Gasteiger partial charge is 0.271 e. The number of primary sulfonamides is 1. The van der Waals surface area contributed by atoms with Gasteiger partial charge in [0.1, 0.15) is 4.21 Å². The molecular formula is C19H19N3O5S4. The van der Waals surface area contributed by atoms with Gasteiger partial charge in [-0.1, -0.05) is 6.07 Å². The highest BCUT2D eigenvalue weighted by Crippen LogP contribution is 2.27. The number of carbonyl (C=O) groups excluding carboxylic acids is 1. The molecule has 0 bridgehead atoms. The average molecular weight is 498 g/mol. The van der Waals surface area contributed by atoms with E-state index in [1.165, 1.54) is 42.1 Å². The highest BCUT2D eigenvalue weighted by atomic mass is 32.2. The van der Waals surface area contributed by atoms with E-state index in [4.69, 9.17) is 5.14 Å². The van der Waals surface area contributed by atoms with Crippen molar-refractivity contribution in [2.24, 2.45) is 5.14 Å². The number of amides is 1. The quantitative estimate of drug-likeness (QED) is 0.409. The maximum Gasteiger partial charge on any atom is 0.271 e. The molecule has 2 aromatic carbocycles. The van der Waals surface area contributed by atoms with Crippen molar-refractivity contribution >= 4 is 60.4 Å². The molecule has 0 spiro atoms. The van der Waals surface area contributed by atoms with Gasteiger partial charge in [0.2, 0.25) is 15.9 Å². The number of sulfonamides is 2. The van der Waals surface area contributed by atoms with Crippen LogP contribution in [0.2, 0.25) is 0 Å². The van der Waals surface area contributed by atoms with Crippen LogP contribution in [0, 0.1) is 0 Å². The van der Waals surface area contributed by atoms with Crippen molar-refractivity contribution in [1.82, 2.24) is 0 Å². The molecule has 8 nitrogen and oxygen atoms in total. The SMILES string of the molecule is CC(Sc1ccc(NS(=O)(=O)c2cccs2)cc1)C(=O)Nc1ccc(S(N)(=O)=O)cc1. The van der Waals surface area contributed by atoms with Crippen LogP contribution >= 0.6 is 23.1 Å². The number of rotatable bonds is 8. The number of nitrogens with two attached hydrogens (primary N) is 1. The molecule has 31 heavy (non-hydrogen) atoms. The molecule has 0 radical (unpaired) electrons. The molecule has 1 unspecified atom stereocenters. The third kappa shape index (κ3) is 6.31. The summed E-state index contributed by atoms with van der Waals surface area (Å²) in [6.07, 6.45) is 0. The van der Waals surface area contributed by atoms with Gasteiger partial charge >= 0.3 is 0 Å². The fraction of sp³-hybridized carbons (Fsp3) is 0.105. The maximum absolute atomic E-state index is 12.4. The van der Waals surface area contributed by atoms with E-state index in [1.807, 2.05) is 0 Å². The van der Waals surface area contributed by atoms with Crippen molar-refractivity contribution < 1.29 is 21.6 Å². The minimum absolute atomic E-state index is 0.0392. The van der Waals surface area contributed by atoms with Crippen LogP contribution in [0.4, 0.5) is 11.4 Å². The Bertz CT molecular complexity index is 1260. The molecule has 0 saturated carbocycles. The van der Waals surface area contributed by atoms with Crippen LogP contribution in [0.25, 0.3) is 0 Å². The van der Waals surface area contributed by atoms with Crippen LogP contribution in [0.5, 0.6) is 0 Å². The van der Waals surface area contributed by atoms with Gasteiger partial charge < -0.3 is 5.32 Å². The molecule has 1 heterocycles. The van der Waals surface area contributed by atoms with Crippen LogP contribution in [0.15, 0.2) is 80.0 Å². The number of benzene rings is 2. The summed E-state index contributed by atoms with van der Waals surface area (Å²) < 4.78 is 49.9. The lowest BCUT2D eigenvalue weighted by atomic mass is 10.3. The van der Waals surface area contributed by atoms with E-state index in [2.05, 4.69) is 10.0 Å². The van der Waals surface area contributed by atoms with E-state index in [-0.39, 0.29) is 15.0 Å². The lowest BCUT2D eigenvalue weighted by Crippen LogP contribution is -2.22. The average Bonchev–Trinajstić information content (AvgIpc) is 3.25. The second kappa shape index (κ2) is 9.40. The van der Waals surface area contributed by atoms with Crippen molar-refractivity contribution in [1.29, 1.82) is 0 Å². The first-order valence-electron chi connectivity index (χ1n) is 8.81. The summed E-state index contributed by atoms with van der Waals surface area (Å²) in [5, 5.41) is 9.01. The van der Waals surface area contributed by atoms with E-state index >= 15 is 0 Å². The molecule has 3 aromatic rings. The van der Waals surface area contributed by atoms with E-state index < -0.39 is 25.3 Å². The normalized spacial score (nSPS) is 12.8. The van der Waals surface area contributed by atoms with Crippen molar-refractivity contribution in [2.45, 2.75) is 26.2 Å². The summed E-state index contributed by atoms with van der Waals surface area (Å²) in [4.78, 5) is 13.2. The van der Waals surface area contributed by atoms with Gasteiger partial charge in [0.15, 0.2) is 0 Å². The number of thioether (sulfide) groups is 1. The maximum atomic E-state index is 12.4. The first-order chi connectivity index (χ1) is 14.5. The molecule has 0 aliphatic rings. The summed E-state index contributed by atoms with van der Waals surface area (Å²) in [5.74, 6) is -0.268. The van der Waals surface area contributed by atoms with Crippen molar-refractivity contribution in [3.05, 3.63) is 66.0 Å².